The molecule has 0 fully saturated rings. The second kappa shape index (κ2) is 10.7. The number of carbonyl (C=O) groups excluding carboxylic acids is 2. The van der Waals surface area contributed by atoms with E-state index in [4.69, 9.17) is 14.2 Å². The quantitative estimate of drug-likeness (QED) is 0.372. The number of unbranched alkanes of at least 4 members (excludes halogenated alkanes) is 5. The number of nitrogens with zero attached hydrogens (tertiary/aromatic N) is 2. The van der Waals surface area contributed by atoms with E-state index < -0.39 is 23.7 Å². The number of benzene rings is 1. The van der Waals surface area contributed by atoms with Gasteiger partial charge in [-0.3, -0.25) is 9.59 Å². The number of fused-ring (bicyclic) bond motifs is 1. The summed E-state index contributed by atoms with van der Waals surface area (Å²) >= 11 is 0. The van der Waals surface area contributed by atoms with Crippen LogP contribution in [0.25, 0.3) is 0 Å². The molecule has 3 rings (SSSR count). The third-order valence-electron chi connectivity index (χ3n) is 6.11. The molecule has 2 aliphatic rings. The van der Waals surface area contributed by atoms with E-state index in [0.29, 0.717) is 29.2 Å². The van der Waals surface area contributed by atoms with Gasteiger partial charge in [-0.05, 0) is 38.5 Å². The highest BCUT2D eigenvalue weighted by molar-refractivity contribution is 5.91. The van der Waals surface area contributed by atoms with Gasteiger partial charge in [0.2, 0.25) is 0 Å². The summed E-state index contributed by atoms with van der Waals surface area (Å²) in [6.45, 7) is 8.05. The van der Waals surface area contributed by atoms with Gasteiger partial charge >= 0.3 is 5.97 Å². The molecule has 2 unspecified atom stereocenters. The summed E-state index contributed by atoms with van der Waals surface area (Å²) in [5.41, 5.74) is 0.223. The summed E-state index contributed by atoms with van der Waals surface area (Å²) in [5, 5.41) is 9.40. The van der Waals surface area contributed by atoms with E-state index in [1.165, 1.54) is 38.7 Å². The summed E-state index contributed by atoms with van der Waals surface area (Å²) in [7, 11) is 0. The Morgan fingerprint density at radius 1 is 1.24 bits per heavy atom. The molecule has 1 amide bonds. The molecule has 0 N–H and O–H groups in total. The van der Waals surface area contributed by atoms with Gasteiger partial charge in [0.15, 0.2) is 6.10 Å². The number of rotatable bonds is 10. The smallest absolute Gasteiger partial charge is 0.303 e. The average Bonchev–Trinajstić information content (AvgIpc) is 3.12. The zero-order valence-electron chi connectivity index (χ0n) is 20.1. The highest BCUT2D eigenvalue weighted by Gasteiger charge is 2.50. The predicted octanol–water partition coefficient (Wildman–Crippen LogP) is 4.81. The molecule has 0 spiro atoms. The monoisotopic (exact) mass is 454 g/mol. The maximum absolute atomic E-state index is 13.0. The second-order valence-electron chi connectivity index (χ2n) is 9.24. The highest BCUT2D eigenvalue weighted by atomic mass is 16.6. The van der Waals surface area contributed by atoms with Crippen LogP contribution in [-0.4, -0.2) is 41.6 Å². The normalized spacial score (nSPS) is 21.0. The molecule has 0 saturated heterocycles. The van der Waals surface area contributed by atoms with Crippen LogP contribution in [0, 0.1) is 11.3 Å². The van der Waals surface area contributed by atoms with Gasteiger partial charge in [0, 0.05) is 18.6 Å². The summed E-state index contributed by atoms with van der Waals surface area (Å²) in [4.78, 5) is 26.6. The highest BCUT2D eigenvalue weighted by Crippen LogP contribution is 2.45. The van der Waals surface area contributed by atoms with Gasteiger partial charge in [0.25, 0.3) is 5.91 Å². The number of hydrogen-bond acceptors (Lipinski definition) is 6. The molecule has 0 saturated carbocycles. The second-order valence-corrected chi connectivity index (χ2v) is 9.24. The van der Waals surface area contributed by atoms with Crippen molar-refractivity contribution in [3.8, 4) is 11.8 Å². The first-order valence-electron chi connectivity index (χ1n) is 11.8. The van der Waals surface area contributed by atoms with Crippen LogP contribution in [0.2, 0.25) is 0 Å². The van der Waals surface area contributed by atoms with Crippen LogP contribution in [0.4, 0.5) is 0 Å². The minimum atomic E-state index is -0.875. The van der Waals surface area contributed by atoms with Crippen LogP contribution in [0.5, 0.6) is 5.75 Å². The third-order valence-corrected chi connectivity index (χ3v) is 6.11. The zero-order chi connectivity index (χ0) is 24.0. The SMILES string of the molecule is CCCCCCCCOC1=CC(=O)N(C2c3cc(C#N)ccc3OC(C)(C)C2OC(C)=O)C1. The average molecular weight is 455 g/mol. The molecule has 0 aliphatic carbocycles. The fourth-order valence-corrected chi connectivity index (χ4v) is 4.46. The Morgan fingerprint density at radius 3 is 2.67 bits per heavy atom. The maximum atomic E-state index is 13.0. The van der Waals surface area contributed by atoms with Gasteiger partial charge < -0.3 is 19.1 Å². The zero-order valence-corrected chi connectivity index (χ0v) is 20.1. The molecule has 2 heterocycles. The lowest BCUT2D eigenvalue weighted by molar-refractivity contribution is -0.171. The molecule has 33 heavy (non-hydrogen) atoms. The standard InChI is InChI=1S/C26H34N2O5/c1-5-6-7-8-9-10-13-31-20-15-23(30)28(17-20)24-21-14-19(16-27)11-12-22(21)33-26(3,4)25(24)32-18(2)29/h11-12,14-15,24-25H,5-10,13,17H2,1-4H3. The lowest BCUT2D eigenvalue weighted by Gasteiger charge is -2.46. The van der Waals surface area contributed by atoms with Crippen LogP contribution in [-0.2, 0) is 19.1 Å². The predicted molar refractivity (Wildman–Crippen MR) is 123 cm³/mol. The van der Waals surface area contributed by atoms with Crippen LogP contribution in [0.1, 0.15) is 83.4 Å². The van der Waals surface area contributed by atoms with Gasteiger partial charge in [-0.15, -0.1) is 0 Å². The van der Waals surface area contributed by atoms with Crippen molar-refractivity contribution in [1.82, 2.24) is 4.90 Å². The lowest BCUT2D eigenvalue weighted by Crippen LogP contribution is -2.55. The van der Waals surface area contributed by atoms with Crippen molar-refractivity contribution in [2.24, 2.45) is 0 Å². The van der Waals surface area contributed by atoms with E-state index in [2.05, 4.69) is 13.0 Å². The summed E-state index contributed by atoms with van der Waals surface area (Å²) in [5.74, 6) is 0.515. The van der Waals surface area contributed by atoms with Crippen LogP contribution in [0.3, 0.4) is 0 Å². The van der Waals surface area contributed by atoms with Crippen molar-refractivity contribution < 1.29 is 23.8 Å². The van der Waals surface area contributed by atoms with Crippen LogP contribution in [0.15, 0.2) is 30.0 Å². The first-order valence-corrected chi connectivity index (χ1v) is 11.8. The third kappa shape index (κ3) is 5.87. The van der Waals surface area contributed by atoms with Crippen molar-refractivity contribution >= 4 is 11.9 Å². The van der Waals surface area contributed by atoms with Crippen molar-refractivity contribution in [3.63, 3.8) is 0 Å². The first kappa shape index (κ1) is 24.6. The number of hydrogen-bond donors (Lipinski definition) is 0. The Bertz CT molecular complexity index is 946. The van der Waals surface area contributed by atoms with Crippen molar-refractivity contribution in [2.75, 3.05) is 13.2 Å². The number of ether oxygens (including phenoxy) is 3. The molecule has 1 aromatic carbocycles. The van der Waals surface area contributed by atoms with Crippen molar-refractivity contribution in [1.29, 1.82) is 5.26 Å². The molecule has 7 heteroatoms. The number of carbonyl (C=O) groups is 2. The minimum Gasteiger partial charge on any atom is -0.496 e. The molecule has 2 atom stereocenters. The number of nitriles is 1. The van der Waals surface area contributed by atoms with Crippen molar-refractivity contribution in [2.45, 2.75) is 84.0 Å². The maximum Gasteiger partial charge on any atom is 0.303 e. The topological polar surface area (TPSA) is 88.9 Å². The molecular weight excluding hydrogens is 420 g/mol. The Balaban J connectivity index is 1.77. The van der Waals surface area contributed by atoms with E-state index in [1.54, 1.807) is 23.1 Å². The minimum absolute atomic E-state index is 0.207. The Morgan fingerprint density at radius 2 is 1.97 bits per heavy atom. The van der Waals surface area contributed by atoms with Crippen molar-refractivity contribution in [3.05, 3.63) is 41.2 Å². The van der Waals surface area contributed by atoms with Crippen LogP contribution < -0.4 is 4.74 Å². The fourth-order valence-electron chi connectivity index (χ4n) is 4.46. The lowest BCUT2D eigenvalue weighted by atomic mass is 9.84. The molecule has 1 aromatic rings. The molecule has 0 aromatic heterocycles. The first-order chi connectivity index (χ1) is 15.8. The Hall–Kier alpha value is -3.01. The van der Waals surface area contributed by atoms with E-state index in [9.17, 15) is 14.9 Å². The van der Waals surface area contributed by atoms with Gasteiger partial charge in [-0.2, -0.15) is 5.26 Å². The van der Waals surface area contributed by atoms with E-state index in [0.717, 1.165) is 12.8 Å². The summed E-state index contributed by atoms with van der Waals surface area (Å²) in [6, 6.07) is 6.65. The molecular formula is C26H34N2O5. The molecule has 178 valence electrons. The molecule has 2 aliphatic heterocycles. The van der Waals surface area contributed by atoms with E-state index in [1.807, 2.05) is 13.8 Å². The molecule has 7 nitrogen and oxygen atoms in total. The molecule has 0 radical (unpaired) electrons. The summed E-state index contributed by atoms with van der Waals surface area (Å²) < 4.78 is 17.7. The van der Waals surface area contributed by atoms with Gasteiger partial charge in [0.05, 0.1) is 24.8 Å². The van der Waals surface area contributed by atoms with Gasteiger partial charge in [0.1, 0.15) is 23.2 Å². The van der Waals surface area contributed by atoms with Gasteiger partial charge in [-0.1, -0.05) is 39.0 Å². The Kier molecular flexibility index (Phi) is 8.01. The van der Waals surface area contributed by atoms with Crippen LogP contribution >= 0.6 is 0 Å². The Labute approximate surface area is 196 Å². The largest absolute Gasteiger partial charge is 0.496 e. The van der Waals surface area contributed by atoms with E-state index in [-0.39, 0.29) is 12.5 Å². The summed E-state index contributed by atoms with van der Waals surface area (Å²) in [6.07, 6.45) is 7.74. The number of amides is 1. The van der Waals surface area contributed by atoms with Gasteiger partial charge in [-0.25, -0.2) is 0 Å². The number of esters is 1. The van der Waals surface area contributed by atoms with E-state index >= 15 is 0 Å². The molecule has 0 bridgehead atoms. The fraction of sp³-hybridized carbons (Fsp3) is 0.577.